The van der Waals surface area contributed by atoms with Crippen molar-refractivity contribution < 1.29 is 14.7 Å². The average Bonchev–Trinajstić information content (AvgIpc) is 2.78. The number of nitrogens with one attached hydrogen (secondary N) is 1. The van der Waals surface area contributed by atoms with Crippen LogP contribution in [0.1, 0.15) is 44.9 Å². The Bertz CT molecular complexity index is 712. The van der Waals surface area contributed by atoms with Gasteiger partial charge in [-0.15, -0.1) is 11.3 Å². The monoisotopic (exact) mass is 329 g/mol. The van der Waals surface area contributed by atoms with Gasteiger partial charge in [0.05, 0.1) is 11.3 Å². The second kappa shape index (κ2) is 6.96. The number of thiophene rings is 1. The summed E-state index contributed by atoms with van der Waals surface area (Å²) in [7, 11) is 0. The second-order valence-corrected chi connectivity index (χ2v) is 6.98. The number of anilines is 1. The summed E-state index contributed by atoms with van der Waals surface area (Å²) in [4.78, 5) is 25.3. The maximum absolute atomic E-state index is 12.4. The lowest BCUT2D eigenvalue weighted by Crippen LogP contribution is -2.10. The zero-order chi connectivity index (χ0) is 16.2. The molecule has 2 N–H and O–H groups in total. The Balaban J connectivity index is 1.73. The first-order valence-corrected chi connectivity index (χ1v) is 8.67. The van der Waals surface area contributed by atoms with Crippen molar-refractivity contribution in [2.45, 2.75) is 38.5 Å². The van der Waals surface area contributed by atoms with Crippen molar-refractivity contribution in [3.63, 3.8) is 0 Å². The van der Waals surface area contributed by atoms with Crippen molar-refractivity contribution in [3.05, 3.63) is 51.2 Å². The maximum Gasteiger partial charge on any atom is 0.307 e. The fourth-order valence-corrected chi connectivity index (χ4v) is 4.05. The number of hydrogen-bond acceptors (Lipinski definition) is 3. The number of carbonyl (C=O) groups is 2. The van der Waals surface area contributed by atoms with Gasteiger partial charge in [0, 0.05) is 10.6 Å². The van der Waals surface area contributed by atoms with Gasteiger partial charge in [0.15, 0.2) is 0 Å². The molecule has 1 heterocycles. The average molecular weight is 329 g/mol. The Morgan fingerprint density at radius 2 is 1.96 bits per heavy atom. The van der Waals surface area contributed by atoms with Crippen LogP contribution in [0.2, 0.25) is 0 Å². The van der Waals surface area contributed by atoms with E-state index in [1.807, 2.05) is 6.07 Å². The van der Waals surface area contributed by atoms with E-state index in [2.05, 4.69) is 5.32 Å². The van der Waals surface area contributed by atoms with E-state index in [4.69, 9.17) is 5.11 Å². The normalized spacial score (nSPS) is 13.9. The summed E-state index contributed by atoms with van der Waals surface area (Å²) in [6.45, 7) is 0. The number of fused-ring (bicyclic) bond motifs is 1. The molecule has 4 nitrogen and oxygen atoms in total. The minimum absolute atomic E-state index is 0.0446. The van der Waals surface area contributed by atoms with Gasteiger partial charge in [0.25, 0.3) is 5.91 Å². The topological polar surface area (TPSA) is 66.4 Å². The molecule has 1 aliphatic carbocycles. The van der Waals surface area contributed by atoms with Crippen LogP contribution in [0.4, 0.5) is 5.69 Å². The molecule has 0 radical (unpaired) electrons. The van der Waals surface area contributed by atoms with Crippen molar-refractivity contribution in [3.8, 4) is 0 Å². The van der Waals surface area contributed by atoms with Crippen LogP contribution < -0.4 is 5.32 Å². The minimum atomic E-state index is -0.879. The number of hydrogen-bond donors (Lipinski definition) is 2. The number of rotatable bonds is 4. The summed E-state index contributed by atoms with van der Waals surface area (Å²) in [5, 5.41) is 11.7. The first kappa shape index (κ1) is 15.7. The summed E-state index contributed by atoms with van der Waals surface area (Å²) in [5.41, 5.74) is 2.63. The summed E-state index contributed by atoms with van der Waals surface area (Å²) in [6, 6.07) is 9.02. The molecule has 5 heteroatoms. The lowest BCUT2D eigenvalue weighted by Gasteiger charge is -2.05. The summed E-state index contributed by atoms with van der Waals surface area (Å²) >= 11 is 1.58. The fraction of sp³-hybridized carbons (Fsp3) is 0.333. The smallest absolute Gasteiger partial charge is 0.307 e. The van der Waals surface area contributed by atoms with E-state index in [1.54, 1.807) is 35.6 Å². The maximum atomic E-state index is 12.4. The van der Waals surface area contributed by atoms with Gasteiger partial charge in [0.1, 0.15) is 0 Å². The van der Waals surface area contributed by atoms with E-state index in [9.17, 15) is 9.59 Å². The molecule has 0 spiro atoms. The number of aliphatic carboxylic acids is 1. The Morgan fingerprint density at radius 1 is 1.13 bits per heavy atom. The predicted molar refractivity (Wildman–Crippen MR) is 91.3 cm³/mol. The molecular weight excluding hydrogens is 310 g/mol. The molecule has 0 fully saturated rings. The van der Waals surface area contributed by atoms with Crippen molar-refractivity contribution in [2.75, 3.05) is 5.32 Å². The molecule has 0 saturated heterocycles. The van der Waals surface area contributed by atoms with E-state index >= 15 is 0 Å². The fourth-order valence-electron chi connectivity index (χ4n) is 2.91. The molecule has 23 heavy (non-hydrogen) atoms. The van der Waals surface area contributed by atoms with Crippen molar-refractivity contribution in [2.24, 2.45) is 0 Å². The zero-order valence-electron chi connectivity index (χ0n) is 12.8. The van der Waals surface area contributed by atoms with Crippen LogP contribution in [0.5, 0.6) is 0 Å². The second-order valence-electron chi connectivity index (χ2n) is 5.84. The minimum Gasteiger partial charge on any atom is -0.481 e. The molecule has 1 aliphatic rings. The number of carbonyl (C=O) groups excluding carboxylic acids is 1. The first-order valence-electron chi connectivity index (χ1n) is 7.85. The van der Waals surface area contributed by atoms with Crippen molar-refractivity contribution in [1.29, 1.82) is 0 Å². The summed E-state index contributed by atoms with van der Waals surface area (Å²) in [6.07, 6.45) is 5.75. The van der Waals surface area contributed by atoms with E-state index in [0.29, 0.717) is 11.3 Å². The van der Waals surface area contributed by atoms with E-state index in [0.717, 1.165) is 17.7 Å². The van der Waals surface area contributed by atoms with E-state index in [-0.39, 0.29) is 12.3 Å². The molecule has 1 aromatic carbocycles. The van der Waals surface area contributed by atoms with Gasteiger partial charge in [-0.1, -0.05) is 18.6 Å². The molecule has 0 atom stereocenters. The number of carboxylic acid groups (broad SMARTS) is 1. The molecular formula is C18H19NO3S. The van der Waals surface area contributed by atoms with Gasteiger partial charge in [-0.05, 0) is 55.0 Å². The molecule has 1 amide bonds. The molecule has 0 unspecified atom stereocenters. The predicted octanol–water partition coefficient (Wildman–Crippen LogP) is 3.90. The lowest BCUT2D eigenvalue weighted by molar-refractivity contribution is -0.136. The molecule has 0 bridgehead atoms. The third kappa shape index (κ3) is 3.99. The van der Waals surface area contributed by atoms with Crippen LogP contribution in [-0.4, -0.2) is 17.0 Å². The lowest BCUT2D eigenvalue weighted by atomic mass is 10.1. The molecule has 2 aromatic rings. The third-order valence-electron chi connectivity index (χ3n) is 4.01. The summed E-state index contributed by atoms with van der Waals surface area (Å²) < 4.78 is 0. The van der Waals surface area contributed by atoms with Crippen LogP contribution in [0.25, 0.3) is 0 Å². The quantitative estimate of drug-likeness (QED) is 0.836. The Hall–Kier alpha value is -2.14. The van der Waals surface area contributed by atoms with Gasteiger partial charge in [-0.25, -0.2) is 0 Å². The highest BCUT2D eigenvalue weighted by Gasteiger charge is 2.16. The molecule has 0 aliphatic heterocycles. The zero-order valence-corrected chi connectivity index (χ0v) is 13.6. The highest BCUT2D eigenvalue weighted by molar-refractivity contribution is 7.14. The van der Waals surface area contributed by atoms with Gasteiger partial charge in [0.2, 0.25) is 0 Å². The van der Waals surface area contributed by atoms with E-state index < -0.39 is 5.97 Å². The van der Waals surface area contributed by atoms with Crippen LogP contribution in [0.3, 0.4) is 0 Å². The van der Waals surface area contributed by atoms with E-state index in [1.165, 1.54) is 29.7 Å². The number of benzene rings is 1. The van der Waals surface area contributed by atoms with Crippen molar-refractivity contribution in [1.82, 2.24) is 0 Å². The number of carboxylic acids is 1. The molecule has 0 saturated carbocycles. The van der Waals surface area contributed by atoms with Gasteiger partial charge < -0.3 is 10.4 Å². The molecule has 120 valence electrons. The number of aryl methyl sites for hydroxylation is 2. The van der Waals surface area contributed by atoms with Crippen LogP contribution >= 0.6 is 11.3 Å². The Morgan fingerprint density at radius 3 is 2.78 bits per heavy atom. The van der Waals surface area contributed by atoms with Crippen molar-refractivity contribution >= 4 is 28.9 Å². The first-order chi connectivity index (χ1) is 11.1. The Labute approximate surface area is 139 Å². The third-order valence-corrected chi connectivity index (χ3v) is 5.25. The highest BCUT2D eigenvalue weighted by atomic mass is 32.1. The van der Waals surface area contributed by atoms with Gasteiger partial charge in [-0.3, -0.25) is 9.59 Å². The standard InChI is InChI=1S/C18H19NO3S/c20-17(21)10-12-5-4-7-14(9-12)19-18(22)16-11-13-6-2-1-3-8-15(13)23-16/h4-5,7,9,11H,1-3,6,8,10H2,(H,19,22)(H,20,21). The van der Waals surface area contributed by atoms with Crippen LogP contribution in [-0.2, 0) is 24.1 Å². The largest absolute Gasteiger partial charge is 0.481 e. The molecule has 1 aromatic heterocycles. The van der Waals surface area contributed by atoms with Gasteiger partial charge in [-0.2, -0.15) is 0 Å². The van der Waals surface area contributed by atoms with Gasteiger partial charge >= 0.3 is 5.97 Å². The van der Waals surface area contributed by atoms with Crippen LogP contribution in [0, 0.1) is 0 Å². The highest BCUT2D eigenvalue weighted by Crippen LogP contribution is 2.29. The Kier molecular flexibility index (Phi) is 4.76. The molecule has 3 rings (SSSR count). The van der Waals surface area contributed by atoms with Crippen LogP contribution in [0.15, 0.2) is 30.3 Å². The number of amides is 1. The SMILES string of the molecule is O=C(O)Cc1cccc(NC(=O)c2cc3c(s2)CCCCC3)c1. The summed E-state index contributed by atoms with van der Waals surface area (Å²) in [5.74, 6) is -0.994.